The molecule has 0 aliphatic carbocycles. The Morgan fingerprint density at radius 1 is 1.12 bits per heavy atom. The number of nitrogens with two attached hydrogens (primary N) is 1. The third-order valence-electron chi connectivity index (χ3n) is 4.13. The molecule has 0 amide bonds. The molecular formula is C20H23N5. The largest absolute Gasteiger partial charge is 0.370 e. The molecule has 3 N–H and O–H groups in total. The van der Waals surface area contributed by atoms with Crippen molar-refractivity contribution in [1.82, 2.24) is 9.55 Å². The minimum atomic E-state index is 0.420. The molecule has 0 fully saturated rings. The number of aromatic nitrogens is 2. The summed E-state index contributed by atoms with van der Waals surface area (Å²) in [7, 11) is 0. The molecule has 128 valence electrons. The fourth-order valence-corrected chi connectivity index (χ4v) is 2.60. The van der Waals surface area contributed by atoms with E-state index in [0.717, 1.165) is 17.8 Å². The molecule has 1 aromatic heterocycles. The molecule has 1 heterocycles. The van der Waals surface area contributed by atoms with E-state index in [1.807, 2.05) is 29.2 Å². The first kappa shape index (κ1) is 16.8. The summed E-state index contributed by atoms with van der Waals surface area (Å²) in [6.07, 6.45) is 5.56. The highest BCUT2D eigenvalue weighted by Gasteiger charge is 2.00. The lowest BCUT2D eigenvalue weighted by atomic mass is 10.1. The lowest BCUT2D eigenvalue weighted by molar-refractivity contribution is 0.795. The van der Waals surface area contributed by atoms with Crippen LogP contribution in [-0.2, 0) is 13.1 Å². The molecular weight excluding hydrogens is 310 g/mol. The van der Waals surface area contributed by atoms with E-state index in [1.165, 1.54) is 16.7 Å². The van der Waals surface area contributed by atoms with Gasteiger partial charge in [-0.1, -0.05) is 30.3 Å². The Kier molecular flexibility index (Phi) is 5.14. The van der Waals surface area contributed by atoms with Crippen LogP contribution >= 0.6 is 0 Å². The molecule has 0 saturated heterocycles. The maximum Gasteiger partial charge on any atom is 0.193 e. The first-order valence-corrected chi connectivity index (χ1v) is 8.28. The number of aliphatic imine (C=N–C) groups is 1. The first-order chi connectivity index (χ1) is 12.1. The molecule has 0 unspecified atom stereocenters. The Labute approximate surface area is 148 Å². The summed E-state index contributed by atoms with van der Waals surface area (Å²) < 4.78 is 2.04. The van der Waals surface area contributed by atoms with E-state index >= 15 is 0 Å². The Hall–Kier alpha value is -3.08. The van der Waals surface area contributed by atoms with Crippen LogP contribution in [-0.4, -0.2) is 15.5 Å². The number of imidazole rings is 1. The minimum Gasteiger partial charge on any atom is -0.370 e. The van der Waals surface area contributed by atoms with E-state index in [0.29, 0.717) is 12.5 Å². The van der Waals surface area contributed by atoms with Crippen molar-refractivity contribution in [2.75, 3.05) is 5.32 Å². The van der Waals surface area contributed by atoms with Crippen LogP contribution in [0, 0.1) is 13.8 Å². The Morgan fingerprint density at radius 3 is 2.72 bits per heavy atom. The van der Waals surface area contributed by atoms with Crippen molar-refractivity contribution in [3.8, 4) is 0 Å². The monoisotopic (exact) mass is 333 g/mol. The van der Waals surface area contributed by atoms with E-state index in [4.69, 9.17) is 5.73 Å². The molecule has 0 saturated carbocycles. The summed E-state index contributed by atoms with van der Waals surface area (Å²) in [5.41, 5.74) is 11.8. The maximum atomic E-state index is 6.02. The molecule has 0 aliphatic rings. The molecule has 0 bridgehead atoms. The van der Waals surface area contributed by atoms with Gasteiger partial charge in [0.15, 0.2) is 5.96 Å². The van der Waals surface area contributed by atoms with Gasteiger partial charge in [0.05, 0.1) is 12.9 Å². The van der Waals surface area contributed by atoms with Crippen molar-refractivity contribution in [2.24, 2.45) is 10.7 Å². The fourth-order valence-electron chi connectivity index (χ4n) is 2.60. The first-order valence-electron chi connectivity index (χ1n) is 8.28. The molecule has 0 spiro atoms. The zero-order chi connectivity index (χ0) is 17.6. The van der Waals surface area contributed by atoms with Crippen molar-refractivity contribution >= 4 is 11.6 Å². The third-order valence-corrected chi connectivity index (χ3v) is 4.13. The summed E-state index contributed by atoms with van der Waals surface area (Å²) in [5.74, 6) is 0.420. The number of hydrogen-bond donors (Lipinski definition) is 2. The van der Waals surface area contributed by atoms with Gasteiger partial charge in [0.1, 0.15) is 0 Å². The van der Waals surface area contributed by atoms with Crippen molar-refractivity contribution in [3.05, 3.63) is 83.4 Å². The lowest BCUT2D eigenvalue weighted by Crippen LogP contribution is -2.22. The van der Waals surface area contributed by atoms with E-state index in [1.54, 1.807) is 6.20 Å². The predicted molar refractivity (Wildman–Crippen MR) is 103 cm³/mol. The summed E-state index contributed by atoms with van der Waals surface area (Å²) in [5, 5.41) is 3.15. The summed E-state index contributed by atoms with van der Waals surface area (Å²) in [4.78, 5) is 8.51. The minimum absolute atomic E-state index is 0.420. The maximum absolute atomic E-state index is 6.02. The van der Waals surface area contributed by atoms with Crippen LogP contribution in [0.1, 0.15) is 22.3 Å². The molecule has 2 aromatic carbocycles. The van der Waals surface area contributed by atoms with Gasteiger partial charge < -0.3 is 15.6 Å². The van der Waals surface area contributed by atoms with Gasteiger partial charge in [0, 0.05) is 24.6 Å². The molecule has 0 radical (unpaired) electrons. The predicted octanol–water partition coefficient (Wildman–Crippen LogP) is 3.48. The summed E-state index contributed by atoms with van der Waals surface area (Å²) in [6.45, 7) is 5.52. The van der Waals surface area contributed by atoms with Crippen LogP contribution in [0.3, 0.4) is 0 Å². The molecule has 5 nitrogen and oxygen atoms in total. The van der Waals surface area contributed by atoms with Crippen molar-refractivity contribution in [3.63, 3.8) is 0 Å². The molecule has 3 aromatic rings. The number of rotatable bonds is 5. The van der Waals surface area contributed by atoms with Gasteiger partial charge in [0.25, 0.3) is 0 Å². The highest BCUT2D eigenvalue weighted by molar-refractivity contribution is 5.92. The second kappa shape index (κ2) is 7.66. The summed E-state index contributed by atoms with van der Waals surface area (Å²) >= 11 is 0. The van der Waals surface area contributed by atoms with Crippen molar-refractivity contribution in [1.29, 1.82) is 0 Å². The number of benzene rings is 2. The van der Waals surface area contributed by atoms with Gasteiger partial charge in [-0.25, -0.2) is 9.98 Å². The fraction of sp³-hybridized carbons (Fsp3) is 0.200. The quantitative estimate of drug-likeness (QED) is 0.555. The van der Waals surface area contributed by atoms with Gasteiger partial charge in [-0.05, 0) is 48.2 Å². The number of anilines is 1. The van der Waals surface area contributed by atoms with Crippen molar-refractivity contribution in [2.45, 2.75) is 26.9 Å². The SMILES string of the molecule is Cc1ccc(NC(N)=NCc2cccc(Cn3ccnc3)c2)cc1C. The van der Waals surface area contributed by atoms with E-state index in [9.17, 15) is 0 Å². The average molecular weight is 333 g/mol. The van der Waals surface area contributed by atoms with Crippen LogP contribution in [0.15, 0.2) is 66.2 Å². The second-order valence-electron chi connectivity index (χ2n) is 6.18. The topological polar surface area (TPSA) is 68.2 Å². The molecule has 3 rings (SSSR count). The lowest BCUT2D eigenvalue weighted by Gasteiger charge is -2.08. The Balaban J connectivity index is 1.63. The van der Waals surface area contributed by atoms with Gasteiger partial charge in [0.2, 0.25) is 0 Å². The number of hydrogen-bond acceptors (Lipinski definition) is 2. The Bertz CT molecular complexity index is 866. The van der Waals surface area contributed by atoms with Crippen LogP contribution in [0.2, 0.25) is 0 Å². The highest BCUT2D eigenvalue weighted by Crippen LogP contribution is 2.14. The molecule has 5 heteroatoms. The molecule has 0 aliphatic heterocycles. The third kappa shape index (κ3) is 4.70. The molecule has 25 heavy (non-hydrogen) atoms. The van der Waals surface area contributed by atoms with Crippen molar-refractivity contribution < 1.29 is 0 Å². The van der Waals surface area contributed by atoms with Gasteiger partial charge in [-0.15, -0.1) is 0 Å². The van der Waals surface area contributed by atoms with Gasteiger partial charge >= 0.3 is 0 Å². The number of nitrogens with zero attached hydrogens (tertiary/aromatic N) is 3. The number of guanidine groups is 1. The number of aryl methyl sites for hydroxylation is 2. The van der Waals surface area contributed by atoms with E-state index < -0.39 is 0 Å². The normalized spacial score (nSPS) is 11.5. The highest BCUT2D eigenvalue weighted by atomic mass is 15.1. The Morgan fingerprint density at radius 2 is 1.96 bits per heavy atom. The van der Waals surface area contributed by atoms with Gasteiger partial charge in [-0.3, -0.25) is 0 Å². The van der Waals surface area contributed by atoms with Crippen LogP contribution in [0.4, 0.5) is 5.69 Å². The number of nitrogens with one attached hydrogen (secondary N) is 1. The standard InChI is InChI=1S/C20H23N5/c1-15-6-7-19(10-16(15)2)24-20(21)23-12-17-4-3-5-18(11-17)13-25-9-8-22-14-25/h3-11,14H,12-13H2,1-2H3,(H3,21,23,24). The zero-order valence-corrected chi connectivity index (χ0v) is 14.6. The average Bonchev–Trinajstić information content (AvgIpc) is 3.10. The van der Waals surface area contributed by atoms with E-state index in [2.05, 4.69) is 59.5 Å². The van der Waals surface area contributed by atoms with Crippen LogP contribution in [0.5, 0.6) is 0 Å². The van der Waals surface area contributed by atoms with Crippen LogP contribution in [0.25, 0.3) is 0 Å². The van der Waals surface area contributed by atoms with E-state index in [-0.39, 0.29) is 0 Å². The zero-order valence-electron chi connectivity index (χ0n) is 14.6. The second-order valence-corrected chi connectivity index (χ2v) is 6.18. The van der Waals surface area contributed by atoms with Gasteiger partial charge in [-0.2, -0.15) is 0 Å². The summed E-state index contributed by atoms with van der Waals surface area (Å²) in [6, 6.07) is 14.5. The smallest absolute Gasteiger partial charge is 0.193 e. The molecule has 0 atom stereocenters. The van der Waals surface area contributed by atoms with Crippen LogP contribution < -0.4 is 11.1 Å².